The molecular formula is C6H5O3PSn. The Morgan fingerprint density at radius 1 is 1.18 bits per heavy atom. The summed E-state index contributed by atoms with van der Waals surface area (Å²) < 4.78 is 21.5. The fraction of sp³-hybridized carbons (Fsp3) is 0. The number of hydrogen-bond acceptors (Lipinski definition) is 3. The molecule has 56 valence electrons. The van der Waals surface area contributed by atoms with Gasteiger partial charge in [-0.05, 0) is 0 Å². The molecule has 0 saturated carbocycles. The van der Waals surface area contributed by atoms with Crippen molar-refractivity contribution in [2.24, 2.45) is 0 Å². The van der Waals surface area contributed by atoms with Gasteiger partial charge < -0.3 is 0 Å². The second-order valence-electron chi connectivity index (χ2n) is 2.10. The molecular weight excluding hydrogens is 270 g/mol. The van der Waals surface area contributed by atoms with Gasteiger partial charge in [0.15, 0.2) is 0 Å². The molecule has 0 spiro atoms. The van der Waals surface area contributed by atoms with E-state index in [-0.39, 0.29) is 0 Å². The van der Waals surface area contributed by atoms with E-state index in [4.69, 9.17) is 5.72 Å². The van der Waals surface area contributed by atoms with E-state index in [1.54, 1.807) is 12.1 Å². The Morgan fingerprint density at radius 3 is 2.27 bits per heavy atom. The van der Waals surface area contributed by atoms with Crippen molar-refractivity contribution in [3.63, 3.8) is 0 Å². The van der Waals surface area contributed by atoms with Crippen molar-refractivity contribution < 1.29 is 10.3 Å². The van der Waals surface area contributed by atoms with Gasteiger partial charge in [0.2, 0.25) is 0 Å². The van der Waals surface area contributed by atoms with Crippen LogP contribution in [0.25, 0.3) is 0 Å². The summed E-state index contributed by atoms with van der Waals surface area (Å²) in [6.07, 6.45) is 0. The first-order valence-corrected chi connectivity index (χ1v) is 6.96. The number of hydrogen-bond donors (Lipinski definition) is 0. The molecule has 0 atom stereocenters. The summed E-state index contributed by atoms with van der Waals surface area (Å²) in [5, 5.41) is 0.673. The molecule has 5 heteroatoms. The van der Waals surface area contributed by atoms with E-state index in [0.717, 1.165) is 0 Å². The molecule has 1 aliphatic rings. The molecule has 0 amide bonds. The fourth-order valence-corrected chi connectivity index (χ4v) is 5.38. The van der Waals surface area contributed by atoms with Gasteiger partial charge in [-0.2, -0.15) is 0 Å². The standard InChI is InChI=1S/C6H7O3P.Sn/c7-10(8,9)6-4-2-1-3-5-6;/h1-5H,(H2,7,8,9);/q;+2/p-2. The zero-order valence-corrected chi connectivity index (χ0v) is 9.31. The van der Waals surface area contributed by atoms with Gasteiger partial charge >= 0.3 is 75.5 Å². The molecule has 1 aromatic carbocycles. The van der Waals surface area contributed by atoms with Crippen molar-refractivity contribution in [3.05, 3.63) is 30.3 Å². The molecule has 1 heterocycles. The van der Waals surface area contributed by atoms with Crippen LogP contribution in [0.2, 0.25) is 0 Å². The first-order chi connectivity index (χ1) is 5.31. The van der Waals surface area contributed by atoms with Gasteiger partial charge in [-0.15, -0.1) is 0 Å². The Labute approximate surface area is 75.6 Å². The molecule has 3 nitrogen and oxygen atoms in total. The average molecular weight is 275 g/mol. The summed E-state index contributed by atoms with van der Waals surface area (Å²) in [7, 11) is -2.77. The molecule has 0 bridgehead atoms. The molecule has 0 N–H and O–H groups in total. The molecule has 1 aromatic rings. The van der Waals surface area contributed by atoms with Crippen molar-refractivity contribution in [1.29, 1.82) is 0 Å². The van der Waals surface area contributed by atoms with Crippen LogP contribution < -0.4 is 5.30 Å². The minimum absolute atomic E-state index is 0.673. The van der Waals surface area contributed by atoms with Crippen molar-refractivity contribution in [2.75, 3.05) is 0 Å². The van der Waals surface area contributed by atoms with Crippen LogP contribution in [-0.4, -0.2) is 22.0 Å². The van der Waals surface area contributed by atoms with E-state index in [0.29, 0.717) is 5.30 Å². The average Bonchev–Trinajstić information content (AvgIpc) is 2.02. The number of rotatable bonds is 1. The molecule has 0 aliphatic carbocycles. The van der Waals surface area contributed by atoms with Crippen LogP contribution >= 0.6 is 7.60 Å². The predicted octanol–water partition coefficient (Wildman–Crippen LogP) is 1.09. The fourth-order valence-electron chi connectivity index (χ4n) is 0.821. The second-order valence-corrected chi connectivity index (χ2v) is 7.58. The van der Waals surface area contributed by atoms with Gasteiger partial charge in [0.1, 0.15) is 0 Å². The third-order valence-electron chi connectivity index (χ3n) is 1.39. The summed E-state index contributed by atoms with van der Waals surface area (Å²) >= 11 is -1.14. The summed E-state index contributed by atoms with van der Waals surface area (Å²) in [5.41, 5.74) is 0. The zero-order chi connectivity index (χ0) is 7.73. The SMILES string of the molecule is O=P1(c2ccccc2)[O][Sn][O]1. The van der Waals surface area contributed by atoms with Crippen molar-refractivity contribution in [3.8, 4) is 0 Å². The van der Waals surface area contributed by atoms with E-state index >= 15 is 0 Å². The van der Waals surface area contributed by atoms with Crippen molar-refractivity contribution >= 4 is 34.9 Å². The molecule has 2 rings (SSSR count). The van der Waals surface area contributed by atoms with E-state index in [1.165, 1.54) is 0 Å². The Morgan fingerprint density at radius 2 is 1.82 bits per heavy atom. The monoisotopic (exact) mass is 276 g/mol. The van der Waals surface area contributed by atoms with Gasteiger partial charge in [0, 0.05) is 0 Å². The third kappa shape index (κ3) is 1.38. The minimum atomic E-state index is -2.77. The first kappa shape index (κ1) is 7.80. The molecule has 0 unspecified atom stereocenters. The predicted molar refractivity (Wildman–Crippen MR) is 41.6 cm³/mol. The van der Waals surface area contributed by atoms with Gasteiger partial charge in [-0.1, -0.05) is 0 Å². The van der Waals surface area contributed by atoms with E-state index in [1.807, 2.05) is 18.2 Å². The Bertz CT molecular complexity index is 292. The summed E-state index contributed by atoms with van der Waals surface area (Å²) in [4.78, 5) is 0. The molecule has 11 heavy (non-hydrogen) atoms. The van der Waals surface area contributed by atoms with Crippen LogP contribution in [0.5, 0.6) is 0 Å². The van der Waals surface area contributed by atoms with Crippen LogP contribution in [0.1, 0.15) is 0 Å². The van der Waals surface area contributed by atoms with Gasteiger partial charge in [0.25, 0.3) is 0 Å². The molecule has 1 saturated heterocycles. The van der Waals surface area contributed by atoms with Crippen molar-refractivity contribution in [2.45, 2.75) is 0 Å². The Hall–Kier alpha value is 0.169. The zero-order valence-electron chi connectivity index (χ0n) is 5.56. The van der Waals surface area contributed by atoms with Gasteiger partial charge in [0.05, 0.1) is 0 Å². The quantitative estimate of drug-likeness (QED) is 0.568. The number of benzene rings is 1. The summed E-state index contributed by atoms with van der Waals surface area (Å²) in [6.45, 7) is 0. The van der Waals surface area contributed by atoms with Crippen LogP contribution in [0, 0.1) is 0 Å². The maximum absolute atomic E-state index is 11.5. The topological polar surface area (TPSA) is 35.5 Å². The summed E-state index contributed by atoms with van der Waals surface area (Å²) in [6, 6.07) is 9.05. The second kappa shape index (κ2) is 2.90. The van der Waals surface area contributed by atoms with Crippen LogP contribution in [-0.2, 0) is 10.3 Å². The van der Waals surface area contributed by atoms with Crippen LogP contribution in [0.4, 0.5) is 0 Å². The van der Waals surface area contributed by atoms with Crippen LogP contribution in [0.15, 0.2) is 30.3 Å². The Balaban J connectivity index is 2.37. The summed E-state index contributed by atoms with van der Waals surface area (Å²) in [5.74, 6) is 0. The molecule has 1 aliphatic heterocycles. The van der Waals surface area contributed by atoms with Gasteiger partial charge in [-0.25, -0.2) is 0 Å². The van der Waals surface area contributed by atoms with E-state index in [9.17, 15) is 4.57 Å². The normalized spacial score (nSPS) is 20.7. The molecule has 1 fully saturated rings. The third-order valence-corrected chi connectivity index (χ3v) is 8.34. The molecule has 2 radical (unpaired) electrons. The molecule has 0 aromatic heterocycles. The Kier molecular flexibility index (Phi) is 2.06. The van der Waals surface area contributed by atoms with Crippen molar-refractivity contribution in [1.82, 2.24) is 0 Å². The van der Waals surface area contributed by atoms with E-state index in [2.05, 4.69) is 0 Å². The van der Waals surface area contributed by atoms with E-state index < -0.39 is 29.6 Å². The van der Waals surface area contributed by atoms with Crippen LogP contribution in [0.3, 0.4) is 0 Å². The van der Waals surface area contributed by atoms with Gasteiger partial charge in [-0.3, -0.25) is 0 Å². The maximum atomic E-state index is 11.5. The first-order valence-electron chi connectivity index (χ1n) is 3.09.